The van der Waals surface area contributed by atoms with Crippen molar-refractivity contribution in [3.63, 3.8) is 0 Å². The van der Waals surface area contributed by atoms with Crippen LogP contribution >= 0.6 is 0 Å². The fourth-order valence-electron chi connectivity index (χ4n) is 4.55. The van der Waals surface area contributed by atoms with E-state index in [0.717, 1.165) is 57.2 Å². The lowest BCUT2D eigenvalue weighted by Crippen LogP contribution is -2.55. The van der Waals surface area contributed by atoms with Gasteiger partial charge in [0.05, 0.1) is 25.1 Å². The van der Waals surface area contributed by atoms with Crippen LogP contribution < -0.4 is 14.8 Å². The highest BCUT2D eigenvalue weighted by molar-refractivity contribution is 7.88. The molecule has 30 heavy (non-hydrogen) atoms. The van der Waals surface area contributed by atoms with Crippen LogP contribution in [0.1, 0.15) is 70.3 Å². The molecule has 6 nitrogen and oxygen atoms in total. The molecule has 3 atom stereocenters. The van der Waals surface area contributed by atoms with Crippen LogP contribution in [-0.2, 0) is 14.8 Å². The molecule has 1 aromatic carbocycles. The molecule has 0 unspecified atom stereocenters. The monoisotopic (exact) mass is 438 g/mol. The molecule has 7 heteroatoms. The molecule has 170 valence electrons. The van der Waals surface area contributed by atoms with Crippen molar-refractivity contribution in [3.05, 3.63) is 29.8 Å². The Morgan fingerprint density at radius 2 is 1.90 bits per heavy atom. The van der Waals surface area contributed by atoms with E-state index in [1.165, 1.54) is 11.8 Å². The summed E-state index contributed by atoms with van der Waals surface area (Å²) in [4.78, 5) is 0. The zero-order valence-corrected chi connectivity index (χ0v) is 19.4. The Hall–Kier alpha value is -1.15. The Labute approximate surface area is 182 Å². The minimum Gasteiger partial charge on any atom is -0.490 e. The van der Waals surface area contributed by atoms with Gasteiger partial charge in [-0.25, -0.2) is 13.1 Å². The molecule has 1 aliphatic carbocycles. The third kappa shape index (κ3) is 6.94. The van der Waals surface area contributed by atoms with Crippen LogP contribution in [0.25, 0.3) is 0 Å². The molecule has 0 aromatic heterocycles. The maximum absolute atomic E-state index is 11.6. The molecule has 1 heterocycles. The van der Waals surface area contributed by atoms with Crippen molar-refractivity contribution >= 4 is 10.0 Å². The largest absolute Gasteiger partial charge is 0.490 e. The maximum atomic E-state index is 11.6. The zero-order valence-electron chi connectivity index (χ0n) is 18.6. The summed E-state index contributed by atoms with van der Waals surface area (Å²) in [5, 5.41) is 3.43. The molecule has 2 fully saturated rings. The zero-order chi connectivity index (χ0) is 21.6. The summed E-state index contributed by atoms with van der Waals surface area (Å²) in [6.07, 6.45) is 8.76. The van der Waals surface area contributed by atoms with Gasteiger partial charge in [0.2, 0.25) is 10.0 Å². The van der Waals surface area contributed by atoms with Gasteiger partial charge in [-0.15, -0.1) is 0 Å². The van der Waals surface area contributed by atoms with Gasteiger partial charge < -0.3 is 14.8 Å². The predicted octanol–water partition coefficient (Wildman–Crippen LogP) is 3.58. The maximum Gasteiger partial charge on any atom is 0.209 e. The topological polar surface area (TPSA) is 76.7 Å². The van der Waals surface area contributed by atoms with Crippen molar-refractivity contribution in [2.45, 2.75) is 89.0 Å². The Balaban J connectivity index is 1.50. The minimum absolute atomic E-state index is 0.0378. The molecule has 1 aliphatic heterocycles. The SMILES string of the molecule is CC[C@H](C)Oc1ccccc1C1CCC(OC[C@@H]2NCCC[C@@H]2NS(C)(=O)=O)CC1. The first kappa shape index (κ1) is 23.5. The Morgan fingerprint density at radius 3 is 2.60 bits per heavy atom. The quantitative estimate of drug-likeness (QED) is 0.616. The second-order valence-corrected chi connectivity index (χ2v) is 10.7. The molecule has 0 spiro atoms. The number of para-hydroxylation sites is 1. The lowest BCUT2D eigenvalue weighted by Gasteiger charge is -2.35. The number of benzene rings is 1. The number of rotatable bonds is 9. The lowest BCUT2D eigenvalue weighted by molar-refractivity contribution is 0.00505. The van der Waals surface area contributed by atoms with Gasteiger partial charge in [-0.3, -0.25) is 0 Å². The summed E-state index contributed by atoms with van der Waals surface area (Å²) in [5.41, 5.74) is 1.32. The number of piperidine rings is 1. The first-order valence-corrected chi connectivity index (χ1v) is 13.3. The van der Waals surface area contributed by atoms with Gasteiger partial charge in [0.25, 0.3) is 0 Å². The Bertz CT molecular complexity index is 762. The van der Waals surface area contributed by atoms with E-state index in [1.807, 2.05) is 6.07 Å². The average Bonchev–Trinajstić information content (AvgIpc) is 2.73. The van der Waals surface area contributed by atoms with Gasteiger partial charge in [0, 0.05) is 12.1 Å². The molecule has 2 aliphatic rings. The number of hydrogen-bond donors (Lipinski definition) is 2. The highest BCUT2D eigenvalue weighted by atomic mass is 32.2. The molecule has 3 rings (SSSR count). The van der Waals surface area contributed by atoms with Gasteiger partial charge in [0.15, 0.2) is 0 Å². The minimum atomic E-state index is -3.21. The molecule has 0 radical (unpaired) electrons. The van der Waals surface area contributed by atoms with Crippen molar-refractivity contribution in [1.82, 2.24) is 10.0 Å². The third-order valence-electron chi connectivity index (χ3n) is 6.40. The van der Waals surface area contributed by atoms with Crippen molar-refractivity contribution in [2.24, 2.45) is 0 Å². The van der Waals surface area contributed by atoms with E-state index in [0.29, 0.717) is 12.5 Å². The molecule has 2 N–H and O–H groups in total. The lowest BCUT2D eigenvalue weighted by atomic mass is 9.82. The van der Waals surface area contributed by atoms with Crippen LogP contribution in [0.4, 0.5) is 0 Å². The molecular weight excluding hydrogens is 400 g/mol. The molecule has 0 bridgehead atoms. The predicted molar refractivity (Wildman–Crippen MR) is 121 cm³/mol. The Kier molecular flexibility index (Phi) is 8.57. The van der Waals surface area contributed by atoms with E-state index in [2.05, 4.69) is 42.1 Å². The molecule has 1 aromatic rings. The van der Waals surface area contributed by atoms with E-state index < -0.39 is 10.0 Å². The average molecular weight is 439 g/mol. The van der Waals surface area contributed by atoms with Gasteiger partial charge in [-0.2, -0.15) is 0 Å². The molecular formula is C23H38N2O4S. The second kappa shape index (κ2) is 10.9. The normalized spacial score (nSPS) is 28.8. The smallest absolute Gasteiger partial charge is 0.209 e. The highest BCUT2D eigenvalue weighted by Gasteiger charge is 2.30. The van der Waals surface area contributed by atoms with Gasteiger partial charge in [-0.05, 0) is 76.0 Å². The third-order valence-corrected chi connectivity index (χ3v) is 7.13. The fourth-order valence-corrected chi connectivity index (χ4v) is 5.38. The van der Waals surface area contributed by atoms with Crippen LogP contribution in [0.2, 0.25) is 0 Å². The number of hydrogen-bond acceptors (Lipinski definition) is 5. The van der Waals surface area contributed by atoms with Crippen molar-refractivity contribution in [3.8, 4) is 5.75 Å². The van der Waals surface area contributed by atoms with Crippen LogP contribution in [0.15, 0.2) is 24.3 Å². The van der Waals surface area contributed by atoms with Crippen LogP contribution in [0, 0.1) is 0 Å². The van der Waals surface area contributed by atoms with E-state index in [9.17, 15) is 8.42 Å². The van der Waals surface area contributed by atoms with Crippen molar-refractivity contribution < 1.29 is 17.9 Å². The summed E-state index contributed by atoms with van der Waals surface area (Å²) < 4.78 is 38.5. The number of nitrogens with one attached hydrogen (secondary N) is 2. The van der Waals surface area contributed by atoms with E-state index in [-0.39, 0.29) is 24.3 Å². The summed E-state index contributed by atoms with van der Waals surface area (Å²) in [6, 6.07) is 8.40. The summed E-state index contributed by atoms with van der Waals surface area (Å²) in [6.45, 7) is 5.73. The summed E-state index contributed by atoms with van der Waals surface area (Å²) >= 11 is 0. The van der Waals surface area contributed by atoms with Gasteiger partial charge in [0.1, 0.15) is 5.75 Å². The van der Waals surface area contributed by atoms with E-state index in [4.69, 9.17) is 9.47 Å². The fraction of sp³-hybridized carbons (Fsp3) is 0.739. The standard InChI is InChI=1S/C23H38N2O4S/c1-4-17(2)29-23-10-6-5-8-20(23)18-11-13-19(14-12-18)28-16-22-21(9-7-15-24-22)25-30(3,26)27/h5-6,8,10,17-19,21-22,24-25H,4,7,9,11-16H2,1-3H3/t17-,18?,19?,21-,22-/m0/s1. The van der Waals surface area contributed by atoms with Gasteiger partial charge >= 0.3 is 0 Å². The second-order valence-electron chi connectivity index (χ2n) is 8.88. The van der Waals surface area contributed by atoms with Crippen LogP contribution in [0.3, 0.4) is 0 Å². The summed E-state index contributed by atoms with van der Waals surface area (Å²) in [5.74, 6) is 1.54. The molecule has 0 amide bonds. The van der Waals surface area contributed by atoms with Crippen molar-refractivity contribution in [2.75, 3.05) is 19.4 Å². The van der Waals surface area contributed by atoms with Crippen LogP contribution in [-0.4, -0.2) is 52.1 Å². The number of sulfonamides is 1. The van der Waals surface area contributed by atoms with E-state index in [1.54, 1.807) is 0 Å². The first-order chi connectivity index (χ1) is 14.4. The van der Waals surface area contributed by atoms with Crippen LogP contribution in [0.5, 0.6) is 5.75 Å². The number of ether oxygens (including phenoxy) is 2. The summed E-state index contributed by atoms with van der Waals surface area (Å²) in [7, 11) is -3.21. The van der Waals surface area contributed by atoms with Gasteiger partial charge in [-0.1, -0.05) is 25.1 Å². The highest BCUT2D eigenvalue weighted by Crippen LogP contribution is 2.38. The Morgan fingerprint density at radius 1 is 1.17 bits per heavy atom. The van der Waals surface area contributed by atoms with E-state index >= 15 is 0 Å². The first-order valence-electron chi connectivity index (χ1n) is 11.4. The van der Waals surface area contributed by atoms with Crippen molar-refractivity contribution in [1.29, 1.82) is 0 Å². The molecule has 1 saturated carbocycles. The molecule has 1 saturated heterocycles.